The minimum Gasteiger partial charge on any atom is -0.482 e. The van der Waals surface area contributed by atoms with Crippen molar-refractivity contribution in [2.75, 3.05) is 6.61 Å². The lowest BCUT2D eigenvalue weighted by atomic mass is 9.92. The number of benzene rings is 3. The van der Waals surface area contributed by atoms with E-state index in [4.69, 9.17) is 9.84 Å². The molecule has 0 atom stereocenters. The number of hydrogen-bond donors (Lipinski definition) is 1. The first-order valence-corrected chi connectivity index (χ1v) is 9.32. The van der Waals surface area contributed by atoms with Crippen LogP contribution in [0, 0.1) is 25.5 Å². The summed E-state index contributed by atoms with van der Waals surface area (Å²) in [5, 5.41) is 8.72. The molecule has 3 aromatic carbocycles. The summed E-state index contributed by atoms with van der Waals surface area (Å²) in [4.78, 5) is 10.7. The number of carboxylic acids is 1. The molecule has 0 amide bonds. The molecule has 0 saturated carbocycles. The highest BCUT2D eigenvalue weighted by molar-refractivity contribution is 5.68. The fraction of sp³-hybridized carbons (Fsp3) is 0.208. The van der Waals surface area contributed by atoms with E-state index in [1.807, 2.05) is 32.0 Å². The van der Waals surface area contributed by atoms with Gasteiger partial charge in [-0.05, 0) is 90.4 Å². The van der Waals surface area contributed by atoms with Crippen LogP contribution in [-0.4, -0.2) is 17.7 Å². The SMILES string of the molecule is Cc1cc(-c2cccc(F)c2)cc(CCc2cc(OCC(=O)O)ccc2F)c1C. The van der Waals surface area contributed by atoms with Gasteiger partial charge in [0.2, 0.25) is 0 Å². The van der Waals surface area contributed by atoms with E-state index in [2.05, 4.69) is 0 Å². The molecule has 5 heteroatoms. The number of carbonyl (C=O) groups is 1. The van der Waals surface area contributed by atoms with Gasteiger partial charge in [0.25, 0.3) is 0 Å². The molecule has 29 heavy (non-hydrogen) atoms. The quantitative estimate of drug-likeness (QED) is 0.574. The van der Waals surface area contributed by atoms with Gasteiger partial charge in [0.15, 0.2) is 6.61 Å². The van der Waals surface area contributed by atoms with Crippen LogP contribution in [0.5, 0.6) is 5.75 Å². The minimum absolute atomic E-state index is 0.289. The molecule has 3 nitrogen and oxygen atoms in total. The largest absolute Gasteiger partial charge is 0.482 e. The highest BCUT2D eigenvalue weighted by atomic mass is 19.1. The van der Waals surface area contributed by atoms with Crippen molar-refractivity contribution < 1.29 is 23.4 Å². The molecule has 0 aliphatic heterocycles. The summed E-state index contributed by atoms with van der Waals surface area (Å²) < 4.78 is 33.0. The van der Waals surface area contributed by atoms with Gasteiger partial charge in [-0.25, -0.2) is 13.6 Å². The molecule has 0 aliphatic rings. The van der Waals surface area contributed by atoms with Crippen molar-refractivity contribution in [3.8, 4) is 16.9 Å². The van der Waals surface area contributed by atoms with Crippen molar-refractivity contribution in [1.82, 2.24) is 0 Å². The van der Waals surface area contributed by atoms with Crippen molar-refractivity contribution >= 4 is 5.97 Å². The van der Waals surface area contributed by atoms with Gasteiger partial charge in [0.1, 0.15) is 17.4 Å². The second kappa shape index (κ2) is 8.86. The van der Waals surface area contributed by atoms with Gasteiger partial charge in [0, 0.05) is 0 Å². The third-order valence-corrected chi connectivity index (χ3v) is 4.98. The molecule has 0 aromatic heterocycles. The van der Waals surface area contributed by atoms with Crippen LogP contribution < -0.4 is 4.74 Å². The Hall–Kier alpha value is -3.21. The van der Waals surface area contributed by atoms with Crippen LogP contribution in [-0.2, 0) is 17.6 Å². The summed E-state index contributed by atoms with van der Waals surface area (Å²) in [7, 11) is 0. The lowest BCUT2D eigenvalue weighted by Crippen LogP contribution is -2.09. The van der Waals surface area contributed by atoms with Crippen LogP contribution in [0.1, 0.15) is 22.3 Å². The van der Waals surface area contributed by atoms with E-state index in [0.29, 0.717) is 24.2 Å². The lowest BCUT2D eigenvalue weighted by Gasteiger charge is -2.14. The molecule has 0 unspecified atom stereocenters. The van der Waals surface area contributed by atoms with Gasteiger partial charge in [-0.15, -0.1) is 0 Å². The topological polar surface area (TPSA) is 46.5 Å². The molecule has 1 N–H and O–H groups in total. The Kier molecular flexibility index (Phi) is 6.27. The standard InChI is InChI=1S/C24H22F2O3/c1-15-10-20(18-4-3-5-21(25)12-18)11-17(16(15)2)6-7-19-13-22(8-9-23(19)26)29-14-24(27)28/h3-5,8-13H,6-7,14H2,1-2H3,(H,27,28). The van der Waals surface area contributed by atoms with E-state index >= 15 is 0 Å². The lowest BCUT2D eigenvalue weighted by molar-refractivity contribution is -0.139. The fourth-order valence-corrected chi connectivity index (χ4v) is 3.27. The Morgan fingerprint density at radius 3 is 2.41 bits per heavy atom. The predicted molar refractivity (Wildman–Crippen MR) is 108 cm³/mol. The first-order valence-electron chi connectivity index (χ1n) is 9.32. The van der Waals surface area contributed by atoms with Gasteiger partial charge >= 0.3 is 5.97 Å². The molecule has 0 spiro atoms. The zero-order chi connectivity index (χ0) is 21.0. The first-order chi connectivity index (χ1) is 13.8. The zero-order valence-electron chi connectivity index (χ0n) is 16.3. The molecule has 3 rings (SSSR count). The average Bonchev–Trinajstić information content (AvgIpc) is 2.69. The Morgan fingerprint density at radius 2 is 1.69 bits per heavy atom. The number of rotatable bonds is 7. The zero-order valence-corrected chi connectivity index (χ0v) is 16.3. The van der Waals surface area contributed by atoms with E-state index in [0.717, 1.165) is 27.8 Å². The van der Waals surface area contributed by atoms with E-state index < -0.39 is 12.6 Å². The summed E-state index contributed by atoms with van der Waals surface area (Å²) in [5.41, 5.74) is 5.43. The normalized spacial score (nSPS) is 10.8. The van der Waals surface area contributed by atoms with Crippen LogP contribution in [0.2, 0.25) is 0 Å². The summed E-state index contributed by atoms with van der Waals surface area (Å²) in [6, 6.07) is 14.7. The van der Waals surface area contributed by atoms with E-state index in [1.54, 1.807) is 6.07 Å². The maximum Gasteiger partial charge on any atom is 0.341 e. The number of halogens is 2. The molecule has 0 heterocycles. The highest BCUT2D eigenvalue weighted by Gasteiger charge is 2.10. The molecular formula is C24H22F2O3. The van der Waals surface area contributed by atoms with Gasteiger partial charge in [-0.3, -0.25) is 0 Å². The van der Waals surface area contributed by atoms with Crippen molar-refractivity contribution in [2.24, 2.45) is 0 Å². The predicted octanol–water partition coefficient (Wildman–Crippen LogP) is 5.50. The third kappa shape index (κ3) is 5.19. The average molecular weight is 396 g/mol. The molecule has 3 aromatic rings. The van der Waals surface area contributed by atoms with Crippen molar-refractivity contribution in [3.63, 3.8) is 0 Å². The van der Waals surface area contributed by atoms with Crippen molar-refractivity contribution in [3.05, 3.63) is 88.5 Å². The van der Waals surface area contributed by atoms with Gasteiger partial charge < -0.3 is 9.84 Å². The number of carboxylic acid groups (broad SMARTS) is 1. The van der Waals surface area contributed by atoms with E-state index in [1.165, 1.54) is 30.3 Å². The summed E-state index contributed by atoms with van der Waals surface area (Å²) in [6.45, 7) is 3.55. The number of ether oxygens (including phenoxy) is 1. The molecule has 0 fully saturated rings. The first kappa shape index (κ1) is 20.5. The molecule has 150 valence electrons. The van der Waals surface area contributed by atoms with E-state index in [-0.39, 0.29) is 11.6 Å². The van der Waals surface area contributed by atoms with Crippen LogP contribution >= 0.6 is 0 Å². The second-order valence-electron chi connectivity index (χ2n) is 7.02. The van der Waals surface area contributed by atoms with Gasteiger partial charge in [0.05, 0.1) is 0 Å². The maximum atomic E-state index is 14.2. The fourth-order valence-electron chi connectivity index (χ4n) is 3.27. The summed E-state index contributed by atoms with van der Waals surface area (Å²) in [6.07, 6.45) is 1.03. The van der Waals surface area contributed by atoms with Gasteiger partial charge in [-0.2, -0.15) is 0 Å². The maximum absolute atomic E-state index is 14.2. The number of hydrogen-bond acceptors (Lipinski definition) is 2. The molecule has 0 radical (unpaired) electrons. The van der Waals surface area contributed by atoms with E-state index in [9.17, 15) is 13.6 Å². The number of aryl methyl sites for hydroxylation is 3. The Morgan fingerprint density at radius 1 is 0.931 bits per heavy atom. The molecular weight excluding hydrogens is 374 g/mol. The van der Waals surface area contributed by atoms with Crippen LogP contribution in [0.4, 0.5) is 8.78 Å². The molecule has 0 bridgehead atoms. The smallest absolute Gasteiger partial charge is 0.341 e. The number of aliphatic carboxylic acids is 1. The monoisotopic (exact) mass is 396 g/mol. The summed E-state index contributed by atoms with van der Waals surface area (Å²) in [5.74, 6) is -1.41. The minimum atomic E-state index is -1.09. The Bertz CT molecular complexity index is 1040. The third-order valence-electron chi connectivity index (χ3n) is 4.98. The van der Waals surface area contributed by atoms with Crippen molar-refractivity contribution in [2.45, 2.75) is 26.7 Å². The Balaban J connectivity index is 1.83. The van der Waals surface area contributed by atoms with Crippen LogP contribution in [0.15, 0.2) is 54.6 Å². The highest BCUT2D eigenvalue weighted by Crippen LogP contribution is 2.27. The Labute approximate surface area is 168 Å². The van der Waals surface area contributed by atoms with Crippen LogP contribution in [0.3, 0.4) is 0 Å². The molecule has 0 aliphatic carbocycles. The summed E-state index contributed by atoms with van der Waals surface area (Å²) >= 11 is 0. The van der Waals surface area contributed by atoms with Gasteiger partial charge in [-0.1, -0.05) is 24.3 Å². The van der Waals surface area contributed by atoms with Crippen LogP contribution in [0.25, 0.3) is 11.1 Å². The molecule has 0 saturated heterocycles. The van der Waals surface area contributed by atoms with Crippen molar-refractivity contribution in [1.29, 1.82) is 0 Å². The second-order valence-corrected chi connectivity index (χ2v) is 7.02.